The van der Waals surface area contributed by atoms with Gasteiger partial charge >= 0.3 is 0 Å². The molecule has 214 valence electrons. The molecule has 0 unspecified atom stereocenters. The topological polar surface area (TPSA) is 203 Å². The number of Topliss-reactive ketones (excluding diaryl/α,β-unsaturated/α-hetero) is 2. The Morgan fingerprint density at radius 3 is 2.49 bits per heavy atom. The van der Waals surface area contributed by atoms with Crippen molar-refractivity contribution in [2.45, 2.75) is 37.8 Å². The number of phenolic OH excluding ortho intramolecular Hbond substituents is 1. The molecule has 1 aromatic carbocycles. The third kappa shape index (κ3) is 4.01. The van der Waals surface area contributed by atoms with E-state index in [0.29, 0.717) is 16.8 Å². The Morgan fingerprint density at radius 2 is 1.90 bits per heavy atom. The summed E-state index contributed by atoms with van der Waals surface area (Å²) in [6, 6.07) is 5.55. The van der Waals surface area contributed by atoms with Gasteiger partial charge in [-0.05, 0) is 56.6 Å². The number of carbonyl (C=O) groups excluding carboxylic acids is 4. The molecule has 41 heavy (non-hydrogen) atoms. The molecule has 3 aliphatic carbocycles. The molecule has 2 amide bonds. The van der Waals surface area contributed by atoms with E-state index in [1.54, 1.807) is 37.4 Å². The summed E-state index contributed by atoms with van der Waals surface area (Å²) in [7, 11) is 3.08. The largest absolute Gasteiger partial charge is 0.508 e. The normalized spacial score (nSPS) is 25.5. The quantitative estimate of drug-likeness (QED) is 0.228. The van der Waals surface area contributed by atoms with Crippen molar-refractivity contribution >= 4 is 34.8 Å². The maximum Gasteiger partial charge on any atom is 0.255 e. The lowest BCUT2D eigenvalue weighted by atomic mass is 9.57. The maximum atomic E-state index is 14.1. The lowest BCUT2D eigenvalue weighted by molar-refractivity contribution is -0.153. The summed E-state index contributed by atoms with van der Waals surface area (Å²) in [6.07, 6.45) is 1.73. The number of benzene rings is 1. The molecule has 0 aliphatic heterocycles. The Balaban J connectivity index is 1.78. The number of nitrogens with zero attached hydrogens (tertiary/aromatic N) is 2. The summed E-state index contributed by atoms with van der Waals surface area (Å²) >= 11 is 0. The van der Waals surface area contributed by atoms with Crippen molar-refractivity contribution in [2.24, 2.45) is 17.6 Å². The molecular formula is C29H30N4O8. The van der Waals surface area contributed by atoms with Crippen molar-refractivity contribution < 1.29 is 39.6 Å². The van der Waals surface area contributed by atoms with Gasteiger partial charge in [-0.1, -0.05) is 13.0 Å². The van der Waals surface area contributed by atoms with Gasteiger partial charge in [0.15, 0.2) is 11.4 Å². The SMILES string of the molecule is CCC(=O)Nc1cc(-c2ccccn2)c2c(c1O)C(O)=C1C(=O)[C@]3(O)C(O)=C(C(N)=O)C(=O)[C@@H](N(C)C)[C@@H]3C[C@@H]1C2. The van der Waals surface area contributed by atoms with Crippen LogP contribution in [-0.4, -0.2) is 79.4 Å². The van der Waals surface area contributed by atoms with Crippen molar-refractivity contribution in [1.29, 1.82) is 0 Å². The molecule has 1 heterocycles. The van der Waals surface area contributed by atoms with Gasteiger partial charge in [-0.2, -0.15) is 0 Å². The molecule has 0 radical (unpaired) electrons. The van der Waals surface area contributed by atoms with Gasteiger partial charge in [0.1, 0.15) is 22.8 Å². The summed E-state index contributed by atoms with van der Waals surface area (Å²) in [4.78, 5) is 57.6. The number of amides is 2. The number of hydrogen-bond acceptors (Lipinski definition) is 10. The number of pyridine rings is 1. The van der Waals surface area contributed by atoms with Gasteiger partial charge in [-0.3, -0.25) is 29.1 Å². The lowest BCUT2D eigenvalue weighted by Gasteiger charge is -2.50. The van der Waals surface area contributed by atoms with Gasteiger partial charge < -0.3 is 31.5 Å². The molecule has 5 rings (SSSR count). The molecule has 0 bridgehead atoms. The lowest BCUT2D eigenvalue weighted by Crippen LogP contribution is -2.65. The fourth-order valence-electron chi connectivity index (χ4n) is 6.40. The van der Waals surface area contributed by atoms with Crippen molar-refractivity contribution in [3.8, 4) is 17.0 Å². The Bertz CT molecular complexity index is 1580. The highest BCUT2D eigenvalue weighted by atomic mass is 16.3. The molecule has 2 aromatic rings. The van der Waals surface area contributed by atoms with E-state index in [0.717, 1.165) is 0 Å². The fourth-order valence-corrected chi connectivity index (χ4v) is 6.40. The van der Waals surface area contributed by atoms with Gasteiger partial charge in [0.25, 0.3) is 5.91 Å². The number of primary amides is 1. The number of fused-ring (bicyclic) bond motifs is 3. The molecule has 1 saturated carbocycles. The Labute approximate surface area is 234 Å². The van der Waals surface area contributed by atoms with Crippen LogP contribution in [0.4, 0.5) is 5.69 Å². The molecule has 0 spiro atoms. The number of aliphatic hydroxyl groups is 3. The standard InChI is InChI=1S/C29H30N4O8/c1-4-18(34)32-17-11-13(16-7-5-6-8-31-16)14-9-12-10-15-22(33(2)3)25(37)21(28(30)40)27(39)29(15,41)26(38)19(12)24(36)20(14)23(17)35/h5-8,11-12,15,22,35-36,39,41H,4,9-10H2,1-3H3,(H2,30,40)(H,32,34)/t12-,15-,22-,29-/m0/s1. The highest BCUT2D eigenvalue weighted by Crippen LogP contribution is 2.54. The Hall–Kier alpha value is -4.55. The van der Waals surface area contributed by atoms with Gasteiger partial charge in [-0.25, -0.2) is 0 Å². The summed E-state index contributed by atoms with van der Waals surface area (Å²) in [6.45, 7) is 1.63. The predicted molar refractivity (Wildman–Crippen MR) is 146 cm³/mol. The smallest absolute Gasteiger partial charge is 0.255 e. The van der Waals surface area contributed by atoms with E-state index in [-0.39, 0.29) is 36.1 Å². The number of nitrogens with two attached hydrogens (primary N) is 1. The maximum absolute atomic E-state index is 14.1. The van der Waals surface area contributed by atoms with Crippen LogP contribution in [0, 0.1) is 11.8 Å². The van der Waals surface area contributed by atoms with E-state index >= 15 is 0 Å². The fraction of sp³-hybridized carbons (Fsp3) is 0.345. The molecule has 4 atom stereocenters. The number of phenols is 1. The molecular weight excluding hydrogens is 532 g/mol. The zero-order valence-corrected chi connectivity index (χ0v) is 22.6. The number of ketones is 2. The molecule has 0 saturated heterocycles. The monoisotopic (exact) mass is 562 g/mol. The van der Waals surface area contributed by atoms with Crippen molar-refractivity contribution in [1.82, 2.24) is 9.88 Å². The number of aliphatic hydroxyl groups excluding tert-OH is 2. The van der Waals surface area contributed by atoms with Gasteiger partial charge in [0.05, 0.1) is 23.0 Å². The molecule has 1 fully saturated rings. The number of likely N-dealkylation sites (N-methyl/N-ethyl adjacent to an activating group) is 1. The first-order valence-corrected chi connectivity index (χ1v) is 13.1. The van der Waals surface area contributed by atoms with Crippen LogP contribution in [0.5, 0.6) is 5.75 Å². The molecule has 1 aromatic heterocycles. The second-order valence-electron chi connectivity index (χ2n) is 10.8. The van der Waals surface area contributed by atoms with Crippen LogP contribution >= 0.6 is 0 Å². The van der Waals surface area contributed by atoms with Crippen LogP contribution in [0.25, 0.3) is 17.0 Å². The summed E-state index contributed by atoms with van der Waals surface area (Å²) in [5, 5.41) is 48.2. The van der Waals surface area contributed by atoms with Crippen molar-refractivity contribution in [3.05, 3.63) is 58.5 Å². The number of aromatic hydroxyl groups is 1. The van der Waals surface area contributed by atoms with E-state index in [1.807, 2.05) is 0 Å². The number of aromatic nitrogens is 1. The van der Waals surface area contributed by atoms with E-state index in [2.05, 4.69) is 10.3 Å². The second kappa shape index (κ2) is 9.82. The van der Waals surface area contributed by atoms with E-state index in [1.165, 1.54) is 19.0 Å². The van der Waals surface area contributed by atoms with Crippen LogP contribution in [0.15, 0.2) is 47.4 Å². The van der Waals surface area contributed by atoms with Gasteiger partial charge in [-0.15, -0.1) is 0 Å². The third-order valence-electron chi connectivity index (χ3n) is 8.26. The number of nitrogens with one attached hydrogen (secondary N) is 1. The Morgan fingerprint density at radius 1 is 1.20 bits per heavy atom. The Kier molecular flexibility index (Phi) is 6.71. The van der Waals surface area contributed by atoms with Crippen LogP contribution in [0.2, 0.25) is 0 Å². The second-order valence-corrected chi connectivity index (χ2v) is 10.8. The molecule has 12 heteroatoms. The highest BCUT2D eigenvalue weighted by Gasteiger charge is 2.64. The summed E-state index contributed by atoms with van der Waals surface area (Å²) in [5.74, 6) is -7.86. The minimum absolute atomic E-state index is 0.0172. The van der Waals surface area contributed by atoms with Crippen LogP contribution in [-0.2, 0) is 25.6 Å². The van der Waals surface area contributed by atoms with Crippen molar-refractivity contribution in [3.63, 3.8) is 0 Å². The van der Waals surface area contributed by atoms with Crippen LogP contribution in [0.1, 0.15) is 30.9 Å². The third-order valence-corrected chi connectivity index (χ3v) is 8.26. The first kappa shape index (κ1) is 28.0. The van der Waals surface area contributed by atoms with Crippen LogP contribution < -0.4 is 11.1 Å². The van der Waals surface area contributed by atoms with Gasteiger partial charge in [0, 0.05) is 29.7 Å². The average molecular weight is 563 g/mol. The number of anilines is 1. The zero-order chi connectivity index (χ0) is 30.0. The van der Waals surface area contributed by atoms with E-state index in [4.69, 9.17) is 5.73 Å². The van der Waals surface area contributed by atoms with E-state index in [9.17, 15) is 39.6 Å². The van der Waals surface area contributed by atoms with E-state index < -0.39 is 69.7 Å². The highest BCUT2D eigenvalue weighted by molar-refractivity contribution is 6.24. The molecule has 12 nitrogen and oxygen atoms in total. The first-order valence-electron chi connectivity index (χ1n) is 13.1. The van der Waals surface area contributed by atoms with Crippen molar-refractivity contribution in [2.75, 3.05) is 19.4 Å². The van der Waals surface area contributed by atoms with Crippen LogP contribution in [0.3, 0.4) is 0 Å². The zero-order valence-electron chi connectivity index (χ0n) is 22.6. The minimum atomic E-state index is -2.74. The number of hydrogen-bond donors (Lipinski definition) is 6. The minimum Gasteiger partial charge on any atom is -0.508 e. The number of rotatable bonds is 5. The summed E-state index contributed by atoms with van der Waals surface area (Å²) < 4.78 is 0. The predicted octanol–water partition coefficient (Wildman–Crippen LogP) is 1.37. The van der Waals surface area contributed by atoms with Gasteiger partial charge in [0.2, 0.25) is 11.7 Å². The molecule has 7 N–H and O–H groups in total. The first-order chi connectivity index (χ1) is 19.3. The average Bonchev–Trinajstić information content (AvgIpc) is 2.92. The molecule has 3 aliphatic rings. The summed E-state index contributed by atoms with van der Waals surface area (Å²) in [5.41, 5.74) is 2.74. The number of carbonyl (C=O) groups is 4.